The van der Waals surface area contributed by atoms with E-state index in [1.807, 2.05) is 6.07 Å². The Balaban J connectivity index is 1.87. The zero-order valence-corrected chi connectivity index (χ0v) is 12.5. The molecule has 0 unspecified atom stereocenters. The number of nitrogens with zero attached hydrogens (tertiary/aromatic N) is 2. The molecule has 1 aliphatic heterocycles. The van der Waals surface area contributed by atoms with Gasteiger partial charge in [-0.2, -0.15) is 5.10 Å². The van der Waals surface area contributed by atoms with Crippen LogP contribution in [0, 0.1) is 0 Å². The van der Waals surface area contributed by atoms with Crippen molar-refractivity contribution in [1.82, 2.24) is 10.3 Å². The van der Waals surface area contributed by atoms with E-state index in [2.05, 4.69) is 15.4 Å². The van der Waals surface area contributed by atoms with E-state index in [-0.39, 0.29) is 5.91 Å². The van der Waals surface area contributed by atoms with Crippen LogP contribution in [0.3, 0.4) is 0 Å². The van der Waals surface area contributed by atoms with Crippen molar-refractivity contribution in [2.24, 2.45) is 5.10 Å². The molecule has 114 valence electrons. The van der Waals surface area contributed by atoms with Crippen molar-refractivity contribution in [3.8, 4) is 11.5 Å². The Kier molecular flexibility index (Phi) is 5.57. The van der Waals surface area contributed by atoms with Crippen LogP contribution in [0.25, 0.3) is 0 Å². The molecule has 6 nitrogen and oxygen atoms in total. The Morgan fingerprint density at radius 3 is 2.67 bits per heavy atom. The number of ether oxygens (including phenoxy) is 2. The minimum atomic E-state index is -0.0892. The standard InChI is InChI=1S/C15H21N3O3/c1-20-13-6-5-12(9-14(13)21-2)10-16-17-15(19)11-18-7-3-4-8-18/h5-6,9-10H,3-4,7-8,11H2,1-2H3,(H,17,19). The molecule has 6 heteroatoms. The summed E-state index contributed by atoms with van der Waals surface area (Å²) in [5, 5.41) is 3.97. The van der Waals surface area contributed by atoms with Gasteiger partial charge in [0, 0.05) is 0 Å². The maximum Gasteiger partial charge on any atom is 0.254 e. The number of hydrogen-bond donors (Lipinski definition) is 1. The van der Waals surface area contributed by atoms with Crippen LogP contribution in [0.15, 0.2) is 23.3 Å². The van der Waals surface area contributed by atoms with Gasteiger partial charge in [-0.15, -0.1) is 0 Å². The Bertz CT molecular complexity index is 511. The van der Waals surface area contributed by atoms with E-state index in [0.29, 0.717) is 18.0 Å². The quantitative estimate of drug-likeness (QED) is 0.633. The van der Waals surface area contributed by atoms with Crippen molar-refractivity contribution in [3.63, 3.8) is 0 Å². The first-order valence-corrected chi connectivity index (χ1v) is 6.99. The average molecular weight is 291 g/mol. The lowest BCUT2D eigenvalue weighted by atomic mass is 10.2. The fourth-order valence-electron chi connectivity index (χ4n) is 2.29. The van der Waals surface area contributed by atoms with Crippen molar-refractivity contribution >= 4 is 12.1 Å². The number of amides is 1. The number of hydrazone groups is 1. The number of methoxy groups -OCH3 is 2. The molecule has 1 fully saturated rings. The molecular formula is C15H21N3O3. The predicted octanol–water partition coefficient (Wildman–Crippen LogP) is 1.25. The van der Waals surface area contributed by atoms with Gasteiger partial charge in [0.1, 0.15) is 0 Å². The van der Waals surface area contributed by atoms with Crippen LogP contribution in [-0.2, 0) is 4.79 Å². The molecule has 1 amide bonds. The van der Waals surface area contributed by atoms with Crippen LogP contribution in [-0.4, -0.2) is 50.9 Å². The van der Waals surface area contributed by atoms with Crippen LogP contribution >= 0.6 is 0 Å². The molecule has 0 aromatic heterocycles. The number of nitrogens with one attached hydrogen (secondary N) is 1. The molecular weight excluding hydrogens is 270 g/mol. The van der Waals surface area contributed by atoms with Crippen molar-refractivity contribution in [1.29, 1.82) is 0 Å². The summed E-state index contributed by atoms with van der Waals surface area (Å²) in [5.41, 5.74) is 3.37. The van der Waals surface area contributed by atoms with E-state index < -0.39 is 0 Å². The molecule has 1 aromatic carbocycles. The summed E-state index contributed by atoms with van der Waals surface area (Å²) in [5.74, 6) is 1.20. The lowest BCUT2D eigenvalue weighted by Gasteiger charge is -2.12. The SMILES string of the molecule is COc1ccc(C=NNC(=O)CN2CCCC2)cc1OC. The van der Waals surface area contributed by atoms with Gasteiger partial charge in [-0.25, -0.2) is 5.43 Å². The summed E-state index contributed by atoms with van der Waals surface area (Å²) in [4.78, 5) is 13.8. The predicted molar refractivity (Wildman–Crippen MR) is 81.0 cm³/mol. The van der Waals surface area contributed by atoms with Crippen LogP contribution in [0.1, 0.15) is 18.4 Å². The van der Waals surface area contributed by atoms with E-state index in [1.165, 1.54) is 12.8 Å². The first-order chi connectivity index (χ1) is 10.2. The first-order valence-electron chi connectivity index (χ1n) is 6.99. The maximum absolute atomic E-state index is 11.7. The van der Waals surface area contributed by atoms with Crippen LogP contribution in [0.4, 0.5) is 0 Å². The molecule has 1 heterocycles. The number of hydrogen-bond acceptors (Lipinski definition) is 5. The molecule has 1 aromatic rings. The van der Waals surface area contributed by atoms with Crippen molar-refractivity contribution in [2.75, 3.05) is 33.9 Å². The molecule has 0 saturated carbocycles. The lowest BCUT2D eigenvalue weighted by Crippen LogP contribution is -2.33. The third-order valence-electron chi connectivity index (χ3n) is 3.38. The number of rotatable bonds is 6. The molecule has 1 aliphatic rings. The Hall–Kier alpha value is -2.08. The minimum absolute atomic E-state index is 0.0892. The third kappa shape index (κ3) is 4.46. The second kappa shape index (κ2) is 7.64. The van der Waals surface area contributed by atoms with Gasteiger partial charge in [-0.3, -0.25) is 9.69 Å². The molecule has 0 atom stereocenters. The number of likely N-dealkylation sites (tertiary alicyclic amines) is 1. The van der Waals surface area contributed by atoms with Gasteiger partial charge < -0.3 is 9.47 Å². The molecule has 1 N–H and O–H groups in total. The highest BCUT2D eigenvalue weighted by atomic mass is 16.5. The highest BCUT2D eigenvalue weighted by Gasteiger charge is 2.14. The van der Waals surface area contributed by atoms with Gasteiger partial charge in [0.05, 0.1) is 27.0 Å². The summed E-state index contributed by atoms with van der Waals surface area (Å²) >= 11 is 0. The van der Waals surface area contributed by atoms with E-state index in [4.69, 9.17) is 9.47 Å². The smallest absolute Gasteiger partial charge is 0.254 e. The van der Waals surface area contributed by atoms with Crippen LogP contribution in [0.5, 0.6) is 11.5 Å². The monoisotopic (exact) mass is 291 g/mol. The van der Waals surface area contributed by atoms with Gasteiger partial charge >= 0.3 is 0 Å². The van der Waals surface area contributed by atoms with E-state index in [0.717, 1.165) is 18.7 Å². The fourth-order valence-corrected chi connectivity index (χ4v) is 2.29. The van der Waals surface area contributed by atoms with Gasteiger partial charge in [0.15, 0.2) is 11.5 Å². The first kappa shape index (κ1) is 15.3. The van der Waals surface area contributed by atoms with Crippen LogP contribution in [0.2, 0.25) is 0 Å². The number of benzene rings is 1. The van der Waals surface area contributed by atoms with Gasteiger partial charge in [-0.1, -0.05) is 0 Å². The highest BCUT2D eigenvalue weighted by Crippen LogP contribution is 2.26. The van der Waals surface area contributed by atoms with E-state index in [1.54, 1.807) is 32.6 Å². The molecule has 0 bridgehead atoms. The Labute approximate surface area is 124 Å². The summed E-state index contributed by atoms with van der Waals surface area (Å²) in [6.45, 7) is 2.39. The topological polar surface area (TPSA) is 63.2 Å². The average Bonchev–Trinajstić information content (AvgIpc) is 2.99. The van der Waals surface area contributed by atoms with Crippen LogP contribution < -0.4 is 14.9 Å². The zero-order chi connectivity index (χ0) is 15.1. The van der Waals surface area contributed by atoms with Gasteiger partial charge in [0.2, 0.25) is 0 Å². The van der Waals surface area contributed by atoms with Crippen molar-refractivity contribution in [2.45, 2.75) is 12.8 Å². The largest absolute Gasteiger partial charge is 0.493 e. The normalized spacial score (nSPS) is 15.3. The Morgan fingerprint density at radius 2 is 2.00 bits per heavy atom. The fraction of sp³-hybridized carbons (Fsp3) is 0.467. The highest BCUT2D eigenvalue weighted by molar-refractivity contribution is 5.83. The van der Waals surface area contributed by atoms with E-state index >= 15 is 0 Å². The molecule has 2 rings (SSSR count). The number of carbonyl (C=O) groups is 1. The minimum Gasteiger partial charge on any atom is -0.493 e. The molecule has 0 aliphatic carbocycles. The molecule has 0 radical (unpaired) electrons. The summed E-state index contributed by atoms with van der Waals surface area (Å²) in [6.07, 6.45) is 3.92. The van der Waals surface area contributed by atoms with Gasteiger partial charge in [-0.05, 0) is 49.7 Å². The summed E-state index contributed by atoms with van der Waals surface area (Å²) in [6, 6.07) is 5.44. The summed E-state index contributed by atoms with van der Waals surface area (Å²) < 4.78 is 10.4. The van der Waals surface area contributed by atoms with Crippen molar-refractivity contribution in [3.05, 3.63) is 23.8 Å². The van der Waals surface area contributed by atoms with E-state index in [9.17, 15) is 4.79 Å². The Morgan fingerprint density at radius 1 is 1.29 bits per heavy atom. The molecule has 21 heavy (non-hydrogen) atoms. The second-order valence-electron chi connectivity index (χ2n) is 4.89. The maximum atomic E-state index is 11.7. The third-order valence-corrected chi connectivity index (χ3v) is 3.38. The lowest BCUT2D eigenvalue weighted by molar-refractivity contribution is -0.121. The molecule has 1 saturated heterocycles. The second-order valence-corrected chi connectivity index (χ2v) is 4.89. The van der Waals surface area contributed by atoms with Gasteiger partial charge in [0.25, 0.3) is 5.91 Å². The zero-order valence-electron chi connectivity index (χ0n) is 12.5. The van der Waals surface area contributed by atoms with Crippen molar-refractivity contribution < 1.29 is 14.3 Å². The summed E-state index contributed by atoms with van der Waals surface area (Å²) in [7, 11) is 3.17. The number of carbonyl (C=O) groups excluding carboxylic acids is 1. The molecule has 0 spiro atoms.